The Balaban J connectivity index is 1.43. The van der Waals surface area contributed by atoms with Gasteiger partial charge >= 0.3 is 12.1 Å². The van der Waals surface area contributed by atoms with Crippen LogP contribution in [0.15, 0.2) is 59.8 Å². The number of rotatable bonds is 6. The predicted octanol–water partition coefficient (Wildman–Crippen LogP) is 4.96. The van der Waals surface area contributed by atoms with Crippen molar-refractivity contribution in [2.24, 2.45) is 11.3 Å². The molecule has 2 aliphatic rings. The zero-order valence-electron chi connectivity index (χ0n) is 20.4. The van der Waals surface area contributed by atoms with Gasteiger partial charge in [-0.1, -0.05) is 24.3 Å². The summed E-state index contributed by atoms with van der Waals surface area (Å²) < 4.78 is 69.9. The molecule has 2 N–H and O–H groups in total. The maximum atomic E-state index is 13.7. The minimum absolute atomic E-state index is 0.133. The van der Waals surface area contributed by atoms with E-state index in [4.69, 9.17) is 0 Å². The summed E-state index contributed by atoms with van der Waals surface area (Å²) in [7, 11) is -4.22. The Kier molecular flexibility index (Phi) is 6.33. The molecule has 1 aromatic carbocycles. The highest BCUT2D eigenvalue weighted by Crippen LogP contribution is 2.58. The molecule has 8 nitrogen and oxygen atoms in total. The number of aryl methyl sites for hydroxylation is 1. The van der Waals surface area contributed by atoms with Gasteiger partial charge in [0.05, 0.1) is 16.4 Å². The molecule has 38 heavy (non-hydrogen) atoms. The fraction of sp³-hybridized carbons (Fsp3) is 0.346. The summed E-state index contributed by atoms with van der Waals surface area (Å²) in [6.07, 6.45) is -0.581. The first-order valence-corrected chi connectivity index (χ1v) is 13.5. The van der Waals surface area contributed by atoms with E-state index in [1.54, 1.807) is 25.1 Å². The maximum Gasteiger partial charge on any atom is 0.418 e. The SMILES string of the molecule is Cc1ccccc1-c1cc(NS(=O)(=O)c2ccnc(N3CCCC4(CC4C(=O)O)C3)c2)ncc1C(F)(F)F. The molecule has 12 heteroatoms. The number of carbonyl (C=O) groups is 1. The van der Waals surface area contributed by atoms with Crippen LogP contribution in [0.2, 0.25) is 0 Å². The lowest BCUT2D eigenvalue weighted by Gasteiger charge is -2.34. The number of anilines is 2. The zero-order chi connectivity index (χ0) is 27.3. The van der Waals surface area contributed by atoms with Crippen molar-refractivity contribution in [1.29, 1.82) is 0 Å². The monoisotopic (exact) mass is 546 g/mol. The van der Waals surface area contributed by atoms with Crippen molar-refractivity contribution in [1.82, 2.24) is 9.97 Å². The second-order valence-electron chi connectivity index (χ2n) is 9.87. The summed E-state index contributed by atoms with van der Waals surface area (Å²) in [5, 5.41) is 9.40. The van der Waals surface area contributed by atoms with Crippen LogP contribution in [0.5, 0.6) is 0 Å². The van der Waals surface area contributed by atoms with Crippen LogP contribution in [0.4, 0.5) is 24.8 Å². The predicted molar refractivity (Wildman–Crippen MR) is 134 cm³/mol. The van der Waals surface area contributed by atoms with Crippen LogP contribution >= 0.6 is 0 Å². The third-order valence-electron chi connectivity index (χ3n) is 7.33. The number of carboxylic acids is 1. The fourth-order valence-corrected chi connectivity index (χ4v) is 6.28. The Bertz CT molecular complexity index is 1510. The van der Waals surface area contributed by atoms with Gasteiger partial charge < -0.3 is 10.0 Å². The van der Waals surface area contributed by atoms with E-state index >= 15 is 0 Å². The van der Waals surface area contributed by atoms with Crippen LogP contribution in [0, 0.1) is 18.3 Å². The summed E-state index contributed by atoms with van der Waals surface area (Å²) in [5.41, 5.74) is -0.575. The topological polar surface area (TPSA) is 112 Å². The lowest BCUT2D eigenvalue weighted by molar-refractivity contribution is -0.139. The lowest BCUT2D eigenvalue weighted by atomic mass is 9.92. The Morgan fingerprint density at radius 1 is 1.16 bits per heavy atom. The highest BCUT2D eigenvalue weighted by molar-refractivity contribution is 7.92. The molecule has 0 amide bonds. The number of piperidine rings is 1. The second-order valence-corrected chi connectivity index (χ2v) is 11.5. The summed E-state index contributed by atoms with van der Waals surface area (Å²) in [6.45, 7) is 2.75. The zero-order valence-corrected chi connectivity index (χ0v) is 21.2. The van der Waals surface area contributed by atoms with Crippen molar-refractivity contribution < 1.29 is 31.5 Å². The van der Waals surface area contributed by atoms with Gasteiger partial charge in [0.25, 0.3) is 10.0 Å². The number of pyridine rings is 2. The first-order chi connectivity index (χ1) is 17.9. The number of hydrogen-bond donors (Lipinski definition) is 2. The third kappa shape index (κ3) is 4.92. The molecule has 1 saturated heterocycles. The van der Waals surface area contributed by atoms with E-state index in [0.29, 0.717) is 42.7 Å². The van der Waals surface area contributed by atoms with E-state index in [1.807, 2.05) is 4.90 Å². The number of carboxylic acid groups (broad SMARTS) is 1. The first-order valence-electron chi connectivity index (χ1n) is 12.0. The molecular formula is C26H25F3N4O4S. The van der Waals surface area contributed by atoms with Crippen molar-refractivity contribution in [3.63, 3.8) is 0 Å². The molecular weight excluding hydrogens is 521 g/mol. The average molecular weight is 547 g/mol. The summed E-state index contributed by atoms with van der Waals surface area (Å²) in [4.78, 5) is 21.2. The van der Waals surface area contributed by atoms with Crippen molar-refractivity contribution in [2.75, 3.05) is 22.7 Å². The third-order valence-corrected chi connectivity index (χ3v) is 8.68. The van der Waals surface area contributed by atoms with Gasteiger partial charge in [0.2, 0.25) is 0 Å². The summed E-state index contributed by atoms with van der Waals surface area (Å²) >= 11 is 0. The Morgan fingerprint density at radius 3 is 2.61 bits per heavy atom. The van der Waals surface area contributed by atoms with Gasteiger partial charge in [0.1, 0.15) is 11.6 Å². The highest BCUT2D eigenvalue weighted by atomic mass is 32.2. The lowest BCUT2D eigenvalue weighted by Crippen LogP contribution is -2.38. The van der Waals surface area contributed by atoms with Gasteiger partial charge in [-0.2, -0.15) is 13.2 Å². The molecule has 2 fully saturated rings. The van der Waals surface area contributed by atoms with Crippen LogP contribution in [0.3, 0.4) is 0 Å². The number of alkyl halides is 3. The quantitative estimate of drug-likeness (QED) is 0.449. The van der Waals surface area contributed by atoms with E-state index in [-0.39, 0.29) is 21.7 Å². The average Bonchev–Trinajstić information content (AvgIpc) is 3.56. The molecule has 2 aromatic heterocycles. The minimum atomic E-state index is -4.69. The van der Waals surface area contributed by atoms with Gasteiger partial charge in [0.15, 0.2) is 0 Å². The fourth-order valence-electron chi connectivity index (χ4n) is 5.28. The first kappa shape index (κ1) is 26.0. The Morgan fingerprint density at radius 2 is 1.92 bits per heavy atom. The molecule has 1 aliphatic carbocycles. The number of hydrogen-bond acceptors (Lipinski definition) is 6. The van der Waals surface area contributed by atoms with Crippen molar-refractivity contribution in [2.45, 2.75) is 37.3 Å². The molecule has 2 atom stereocenters. The van der Waals surface area contributed by atoms with Crippen molar-refractivity contribution in [3.05, 3.63) is 66.0 Å². The molecule has 1 spiro atoms. The minimum Gasteiger partial charge on any atom is -0.481 e. The van der Waals surface area contributed by atoms with E-state index < -0.39 is 33.7 Å². The molecule has 200 valence electrons. The van der Waals surface area contributed by atoms with Crippen LogP contribution < -0.4 is 9.62 Å². The highest BCUT2D eigenvalue weighted by Gasteiger charge is 2.59. The Labute approximate surface area is 217 Å². The number of halogens is 3. The van der Waals surface area contributed by atoms with Crippen LogP contribution in [-0.2, 0) is 21.0 Å². The van der Waals surface area contributed by atoms with Crippen molar-refractivity contribution >= 4 is 27.6 Å². The standard InChI is InChI=1S/C26H25F3N4O4S/c1-16-5-2-3-6-18(16)19-12-22(31-14-21(19)26(27,28)29)32-38(36,37)17-7-9-30-23(11-17)33-10-4-8-25(15-33)13-20(25)24(34)35/h2-3,5-7,9,11-12,14,20H,4,8,10,13,15H2,1H3,(H,31,32)(H,34,35). The molecule has 1 saturated carbocycles. The van der Waals surface area contributed by atoms with E-state index in [1.165, 1.54) is 24.4 Å². The number of benzene rings is 1. The Hall–Kier alpha value is -3.67. The number of sulfonamides is 1. The molecule has 0 radical (unpaired) electrons. The smallest absolute Gasteiger partial charge is 0.418 e. The van der Waals surface area contributed by atoms with Crippen LogP contribution in [0.25, 0.3) is 11.1 Å². The number of aliphatic carboxylic acids is 1. The molecule has 5 rings (SSSR count). The van der Waals surface area contributed by atoms with Crippen LogP contribution in [-0.4, -0.2) is 42.6 Å². The van der Waals surface area contributed by atoms with Gasteiger partial charge in [-0.05, 0) is 55.0 Å². The van der Waals surface area contributed by atoms with Gasteiger partial charge in [-0.25, -0.2) is 18.4 Å². The molecule has 2 unspecified atom stereocenters. The van der Waals surface area contributed by atoms with Gasteiger partial charge in [-0.3, -0.25) is 9.52 Å². The van der Waals surface area contributed by atoms with Crippen molar-refractivity contribution in [3.8, 4) is 11.1 Å². The number of nitrogens with zero attached hydrogens (tertiary/aromatic N) is 3. The van der Waals surface area contributed by atoms with E-state index in [0.717, 1.165) is 18.9 Å². The normalized spacial score (nSPS) is 21.4. The molecule has 1 aliphatic heterocycles. The van der Waals surface area contributed by atoms with E-state index in [2.05, 4.69) is 14.7 Å². The maximum absolute atomic E-state index is 13.7. The number of nitrogens with one attached hydrogen (secondary N) is 1. The van der Waals surface area contributed by atoms with Crippen LogP contribution in [0.1, 0.15) is 30.4 Å². The second kappa shape index (κ2) is 9.26. The largest absolute Gasteiger partial charge is 0.481 e. The van der Waals surface area contributed by atoms with E-state index in [9.17, 15) is 31.5 Å². The van der Waals surface area contributed by atoms with Gasteiger partial charge in [-0.15, -0.1) is 0 Å². The van der Waals surface area contributed by atoms with Gasteiger partial charge in [0, 0.05) is 37.0 Å². The molecule has 3 aromatic rings. The number of aromatic nitrogens is 2. The summed E-state index contributed by atoms with van der Waals surface area (Å²) in [6, 6.07) is 10.3. The molecule has 3 heterocycles. The summed E-state index contributed by atoms with van der Waals surface area (Å²) in [5.74, 6) is -1.10. The molecule has 0 bridgehead atoms.